The molecule has 1 saturated heterocycles. The Morgan fingerprint density at radius 1 is 1.29 bits per heavy atom. The van der Waals surface area contributed by atoms with Gasteiger partial charge >= 0.3 is 0 Å². The molecule has 0 aromatic heterocycles. The van der Waals surface area contributed by atoms with Crippen molar-refractivity contribution in [2.24, 2.45) is 0 Å². The summed E-state index contributed by atoms with van der Waals surface area (Å²) in [6.45, 7) is 2.00. The first kappa shape index (κ1) is 13.0. The van der Waals surface area contributed by atoms with Gasteiger partial charge in [-0.05, 0) is 28.1 Å². The summed E-state index contributed by atoms with van der Waals surface area (Å²) in [7, 11) is 0. The number of hydrogen-bond acceptors (Lipinski definition) is 2. The molecule has 1 amide bonds. The van der Waals surface area contributed by atoms with E-state index in [2.05, 4.69) is 31.9 Å². The van der Waals surface area contributed by atoms with Crippen LogP contribution in [0.2, 0.25) is 0 Å². The number of halogens is 3. The molecule has 0 bridgehead atoms. The van der Waals surface area contributed by atoms with Gasteiger partial charge in [-0.1, -0.05) is 15.9 Å². The van der Waals surface area contributed by atoms with Crippen LogP contribution < -0.4 is 0 Å². The van der Waals surface area contributed by atoms with Crippen molar-refractivity contribution in [3.63, 3.8) is 0 Å². The van der Waals surface area contributed by atoms with E-state index >= 15 is 0 Å². The maximum absolute atomic E-state index is 13.8. The maximum atomic E-state index is 13.8. The summed E-state index contributed by atoms with van der Waals surface area (Å²) >= 11 is 6.39. The average molecular weight is 367 g/mol. The molecule has 1 aliphatic rings. The second kappa shape index (κ2) is 5.46. The molecule has 1 fully saturated rings. The molecule has 2 rings (SSSR count). The van der Waals surface area contributed by atoms with Gasteiger partial charge in [0, 0.05) is 22.0 Å². The molecule has 0 radical (unpaired) electrons. The Labute approximate surface area is 115 Å². The summed E-state index contributed by atoms with van der Waals surface area (Å²) < 4.78 is 20.0. The van der Waals surface area contributed by atoms with E-state index in [1.54, 1.807) is 11.0 Å². The minimum atomic E-state index is -0.525. The molecule has 0 unspecified atom stereocenters. The van der Waals surface area contributed by atoms with Gasteiger partial charge in [-0.3, -0.25) is 4.79 Å². The minimum absolute atomic E-state index is 0.0788. The van der Waals surface area contributed by atoms with Crippen LogP contribution in [-0.2, 0) is 4.74 Å². The van der Waals surface area contributed by atoms with Crippen LogP contribution in [-0.4, -0.2) is 37.1 Å². The van der Waals surface area contributed by atoms with E-state index in [4.69, 9.17) is 4.74 Å². The van der Waals surface area contributed by atoms with Crippen LogP contribution in [0.4, 0.5) is 4.39 Å². The Morgan fingerprint density at radius 3 is 2.53 bits per heavy atom. The van der Waals surface area contributed by atoms with Gasteiger partial charge in [-0.2, -0.15) is 0 Å². The van der Waals surface area contributed by atoms with Gasteiger partial charge in [0.2, 0.25) is 0 Å². The van der Waals surface area contributed by atoms with Crippen molar-refractivity contribution in [3.8, 4) is 0 Å². The monoisotopic (exact) mass is 365 g/mol. The number of rotatable bonds is 1. The third-order valence-corrected chi connectivity index (χ3v) is 3.60. The predicted octanol–water partition coefficient (Wildman–Crippen LogP) is 2.82. The van der Waals surface area contributed by atoms with Crippen molar-refractivity contribution in [2.45, 2.75) is 0 Å². The second-order valence-electron chi connectivity index (χ2n) is 3.65. The molecule has 0 atom stereocenters. The lowest BCUT2D eigenvalue weighted by molar-refractivity contribution is 0.0299. The topological polar surface area (TPSA) is 29.5 Å². The molecule has 0 N–H and O–H groups in total. The number of amides is 1. The highest BCUT2D eigenvalue weighted by Crippen LogP contribution is 2.26. The predicted molar refractivity (Wildman–Crippen MR) is 68.5 cm³/mol. The van der Waals surface area contributed by atoms with E-state index in [1.807, 2.05) is 0 Å². The fraction of sp³-hybridized carbons (Fsp3) is 0.364. The van der Waals surface area contributed by atoms with Gasteiger partial charge in [0.05, 0.1) is 18.8 Å². The standard InChI is InChI=1S/C11H10Br2FNO2/c12-7-5-8(13)10(9(14)6-7)11(16)15-1-3-17-4-2-15/h5-6H,1-4H2. The fourth-order valence-electron chi connectivity index (χ4n) is 1.67. The zero-order chi connectivity index (χ0) is 12.4. The second-order valence-corrected chi connectivity index (χ2v) is 5.42. The molecule has 92 valence electrons. The maximum Gasteiger partial charge on any atom is 0.258 e. The fourth-order valence-corrected chi connectivity index (χ4v) is 3.01. The molecular formula is C11H10Br2FNO2. The van der Waals surface area contributed by atoms with Crippen LogP contribution in [0.15, 0.2) is 21.1 Å². The zero-order valence-electron chi connectivity index (χ0n) is 8.88. The minimum Gasteiger partial charge on any atom is -0.378 e. The van der Waals surface area contributed by atoms with Crippen molar-refractivity contribution >= 4 is 37.8 Å². The van der Waals surface area contributed by atoms with Gasteiger partial charge < -0.3 is 9.64 Å². The number of hydrogen-bond donors (Lipinski definition) is 0. The van der Waals surface area contributed by atoms with Crippen LogP contribution in [0, 0.1) is 5.82 Å². The number of carbonyl (C=O) groups excluding carboxylic acids is 1. The first-order valence-electron chi connectivity index (χ1n) is 5.11. The largest absolute Gasteiger partial charge is 0.378 e. The first-order valence-corrected chi connectivity index (χ1v) is 6.70. The van der Waals surface area contributed by atoms with Gasteiger partial charge in [0.25, 0.3) is 5.91 Å². The third kappa shape index (κ3) is 2.86. The number of morpholine rings is 1. The van der Waals surface area contributed by atoms with E-state index in [9.17, 15) is 9.18 Å². The quantitative estimate of drug-likeness (QED) is 0.764. The van der Waals surface area contributed by atoms with E-state index < -0.39 is 5.82 Å². The molecule has 3 nitrogen and oxygen atoms in total. The van der Waals surface area contributed by atoms with E-state index in [0.717, 1.165) is 0 Å². The van der Waals surface area contributed by atoms with Gasteiger partial charge in [0.1, 0.15) is 5.82 Å². The highest BCUT2D eigenvalue weighted by molar-refractivity contribution is 9.11. The van der Waals surface area contributed by atoms with E-state index in [0.29, 0.717) is 35.2 Å². The van der Waals surface area contributed by atoms with Crippen LogP contribution >= 0.6 is 31.9 Å². The Balaban J connectivity index is 2.30. The SMILES string of the molecule is O=C(c1c(F)cc(Br)cc1Br)N1CCOCC1. The van der Waals surface area contributed by atoms with E-state index in [-0.39, 0.29) is 11.5 Å². The summed E-state index contributed by atoms with van der Waals surface area (Å²) in [6.07, 6.45) is 0. The first-order chi connectivity index (χ1) is 8.09. The lowest BCUT2D eigenvalue weighted by Crippen LogP contribution is -2.41. The summed E-state index contributed by atoms with van der Waals surface area (Å²) in [5, 5.41) is 0. The lowest BCUT2D eigenvalue weighted by Gasteiger charge is -2.27. The Morgan fingerprint density at radius 2 is 1.94 bits per heavy atom. The number of ether oxygens (including phenoxy) is 1. The summed E-state index contributed by atoms with van der Waals surface area (Å²) in [4.78, 5) is 13.7. The van der Waals surface area contributed by atoms with Crippen molar-refractivity contribution < 1.29 is 13.9 Å². The van der Waals surface area contributed by atoms with E-state index in [1.165, 1.54) is 6.07 Å². The summed E-state index contributed by atoms with van der Waals surface area (Å²) in [5.41, 5.74) is 0.0788. The van der Waals surface area contributed by atoms with Crippen LogP contribution in [0.1, 0.15) is 10.4 Å². The zero-order valence-corrected chi connectivity index (χ0v) is 12.1. The summed E-state index contributed by atoms with van der Waals surface area (Å²) in [6, 6.07) is 2.95. The molecule has 0 aliphatic carbocycles. The number of carbonyl (C=O) groups is 1. The molecule has 1 aliphatic heterocycles. The van der Waals surface area contributed by atoms with Gasteiger partial charge in [-0.25, -0.2) is 4.39 Å². The molecule has 1 heterocycles. The van der Waals surface area contributed by atoms with Crippen LogP contribution in [0.5, 0.6) is 0 Å². The third-order valence-electron chi connectivity index (χ3n) is 2.52. The Hall–Kier alpha value is -0.460. The van der Waals surface area contributed by atoms with Crippen LogP contribution in [0.3, 0.4) is 0 Å². The lowest BCUT2D eigenvalue weighted by atomic mass is 10.2. The molecule has 17 heavy (non-hydrogen) atoms. The highest BCUT2D eigenvalue weighted by Gasteiger charge is 2.23. The molecule has 6 heteroatoms. The van der Waals surface area contributed by atoms with Gasteiger partial charge in [-0.15, -0.1) is 0 Å². The molecule has 0 saturated carbocycles. The Kier molecular flexibility index (Phi) is 4.17. The molecule has 1 aromatic carbocycles. The van der Waals surface area contributed by atoms with Crippen molar-refractivity contribution in [1.29, 1.82) is 0 Å². The highest BCUT2D eigenvalue weighted by atomic mass is 79.9. The summed E-state index contributed by atoms with van der Waals surface area (Å²) in [5.74, 6) is -0.826. The average Bonchev–Trinajstić information content (AvgIpc) is 2.28. The van der Waals surface area contributed by atoms with Gasteiger partial charge in [0.15, 0.2) is 0 Å². The Bertz CT molecular complexity index is 424. The van der Waals surface area contributed by atoms with Crippen LogP contribution in [0.25, 0.3) is 0 Å². The molecule has 1 aromatic rings. The smallest absolute Gasteiger partial charge is 0.258 e. The molecular weight excluding hydrogens is 357 g/mol. The number of nitrogens with zero attached hydrogens (tertiary/aromatic N) is 1. The van der Waals surface area contributed by atoms with Crippen molar-refractivity contribution in [3.05, 3.63) is 32.5 Å². The normalized spacial score (nSPS) is 16.1. The van der Waals surface area contributed by atoms with Crippen molar-refractivity contribution in [2.75, 3.05) is 26.3 Å². The number of benzene rings is 1. The van der Waals surface area contributed by atoms with Crippen molar-refractivity contribution in [1.82, 2.24) is 4.90 Å². The molecule has 0 spiro atoms.